The van der Waals surface area contributed by atoms with Gasteiger partial charge in [0.15, 0.2) is 0 Å². The molecule has 2 heterocycles. The quantitative estimate of drug-likeness (QED) is 0.117. The molecule has 0 aliphatic rings. The lowest BCUT2D eigenvalue weighted by Crippen LogP contribution is -2.24. The largest absolute Gasteiger partial charge is 0.292 e. The zero-order valence-corrected chi connectivity index (χ0v) is 37.5. The second-order valence-electron chi connectivity index (χ2n) is 16.2. The number of benzene rings is 10. The highest BCUT2D eigenvalue weighted by Crippen LogP contribution is 2.46. The third-order valence-corrected chi connectivity index (χ3v) is 22.6. The number of hydrogen-bond acceptors (Lipinski definition) is 3. The van der Waals surface area contributed by atoms with E-state index in [0.717, 1.165) is 44.0 Å². The van der Waals surface area contributed by atoms with Crippen LogP contribution in [0.2, 0.25) is 0 Å². The number of fused-ring (bicyclic) bond motifs is 11. The molecule has 298 valence electrons. The molecule has 2 nitrogen and oxygen atoms in total. The monoisotopic (exact) mass is 876 g/mol. The van der Waals surface area contributed by atoms with E-state index >= 15 is 0 Å². The van der Waals surface area contributed by atoms with Crippen LogP contribution >= 0.6 is 12.1 Å². The van der Waals surface area contributed by atoms with Gasteiger partial charge in [0.05, 0.1) is 16.6 Å². The molecule has 0 atom stereocenters. The van der Waals surface area contributed by atoms with Crippen molar-refractivity contribution in [1.29, 1.82) is 0 Å². The summed E-state index contributed by atoms with van der Waals surface area (Å²) in [5, 5.41) is 15.4. The Kier molecular flexibility index (Phi) is 9.15. The van der Waals surface area contributed by atoms with Crippen LogP contribution in [0.15, 0.2) is 231 Å². The van der Waals surface area contributed by atoms with Gasteiger partial charge in [-0.25, -0.2) is 4.98 Å². The van der Waals surface area contributed by atoms with E-state index in [1.807, 2.05) is 0 Å². The predicted molar refractivity (Wildman–Crippen MR) is 280 cm³/mol. The van der Waals surface area contributed by atoms with Crippen molar-refractivity contribution in [2.24, 2.45) is 0 Å². The lowest BCUT2D eigenvalue weighted by molar-refractivity contribution is 1.32. The first-order valence-electron chi connectivity index (χ1n) is 21.2. The first-order valence-corrected chi connectivity index (χ1v) is 26.8. The van der Waals surface area contributed by atoms with Gasteiger partial charge >= 0.3 is 0 Å². The molecule has 10 aromatic carbocycles. The molecule has 0 saturated carbocycles. The molecule has 0 radical (unpaired) electrons. The minimum absolute atomic E-state index is 0.943. The first-order chi connectivity index (χ1) is 31.0. The molecular formula is C57H38N2P2S2. The van der Waals surface area contributed by atoms with Crippen LogP contribution in [-0.4, -0.2) is 9.38 Å². The van der Waals surface area contributed by atoms with Crippen molar-refractivity contribution in [3.63, 3.8) is 0 Å². The molecule has 0 aliphatic heterocycles. The van der Waals surface area contributed by atoms with Crippen molar-refractivity contribution >= 4 is 127 Å². The van der Waals surface area contributed by atoms with Crippen molar-refractivity contribution in [2.75, 3.05) is 0 Å². The van der Waals surface area contributed by atoms with Crippen LogP contribution in [0.1, 0.15) is 0 Å². The van der Waals surface area contributed by atoms with E-state index in [2.05, 4.69) is 235 Å². The molecule has 0 amide bonds. The Morgan fingerprint density at radius 1 is 0.333 bits per heavy atom. The molecule has 0 unspecified atom stereocenters. The van der Waals surface area contributed by atoms with Gasteiger partial charge in [-0.3, -0.25) is 4.40 Å². The topological polar surface area (TPSA) is 17.3 Å². The number of rotatable bonds is 7. The second-order valence-corrected chi connectivity index (χ2v) is 25.0. The maximum absolute atomic E-state index is 6.87. The Labute approximate surface area is 376 Å². The number of nitrogens with zero attached hydrogens (tertiary/aromatic N) is 2. The van der Waals surface area contributed by atoms with Gasteiger partial charge in [-0.15, -0.1) is 0 Å². The third-order valence-electron chi connectivity index (χ3n) is 12.7. The summed E-state index contributed by atoms with van der Waals surface area (Å²) in [6.45, 7) is 0. The molecule has 0 N–H and O–H groups in total. The average Bonchev–Trinajstić information content (AvgIpc) is 3.76. The van der Waals surface area contributed by atoms with E-state index < -0.39 is 12.1 Å². The highest BCUT2D eigenvalue weighted by Gasteiger charge is 2.27. The van der Waals surface area contributed by atoms with Gasteiger partial charge in [0.1, 0.15) is 5.65 Å². The highest BCUT2D eigenvalue weighted by molar-refractivity contribution is 8.26. The molecule has 0 fully saturated rings. The third kappa shape index (κ3) is 6.09. The normalized spacial score (nSPS) is 12.3. The summed E-state index contributed by atoms with van der Waals surface area (Å²) >= 11 is 13.6. The van der Waals surface area contributed by atoms with E-state index in [4.69, 9.17) is 28.6 Å². The molecule has 12 aromatic rings. The summed E-state index contributed by atoms with van der Waals surface area (Å²) in [6, 6.07) is 78.5. The van der Waals surface area contributed by atoms with E-state index in [-0.39, 0.29) is 0 Å². The molecule has 0 aliphatic carbocycles. The van der Waals surface area contributed by atoms with Crippen LogP contribution in [0, 0.1) is 0 Å². The Morgan fingerprint density at radius 3 is 1.44 bits per heavy atom. The summed E-state index contributed by atoms with van der Waals surface area (Å²) in [4.78, 5) is 5.42. The standard InChI is InChI=1S/C57H38N2P2S2/c62-60(44-16-5-1-6-17-44,45-18-7-2-8-19-45)48-30-27-41-35-40(25-26-42(41)36-48)43-29-32-51-54(37-43)59-55-38-49(61(63,46-20-9-3-10-21-46)47-22-11-4-12-23-47)31-34-53(55)58-57(59)52-33-28-39-15-13-14-24-50(39)56(51)52/h1-38H. The molecular weight excluding hydrogens is 839 g/mol. The minimum Gasteiger partial charge on any atom is -0.292 e. The highest BCUT2D eigenvalue weighted by atomic mass is 32.4. The average molecular weight is 877 g/mol. The van der Waals surface area contributed by atoms with Crippen LogP contribution in [0.5, 0.6) is 0 Å². The van der Waals surface area contributed by atoms with E-state index in [0.29, 0.717) is 0 Å². The maximum Gasteiger partial charge on any atom is 0.146 e. The fourth-order valence-corrected chi connectivity index (χ4v) is 17.1. The lowest BCUT2D eigenvalue weighted by atomic mass is 9.96. The molecule has 12 rings (SSSR count). The number of aromatic nitrogens is 2. The Hall–Kier alpha value is -6.51. The lowest BCUT2D eigenvalue weighted by Gasteiger charge is -2.24. The van der Waals surface area contributed by atoms with Crippen LogP contribution in [0.3, 0.4) is 0 Å². The number of imidazole rings is 1. The Bertz CT molecular complexity index is 3760. The zero-order valence-electron chi connectivity index (χ0n) is 34.0. The summed E-state index contributed by atoms with van der Waals surface area (Å²) in [5.74, 6) is 0. The molecule has 63 heavy (non-hydrogen) atoms. The van der Waals surface area contributed by atoms with E-state index in [1.165, 1.54) is 58.8 Å². The summed E-state index contributed by atoms with van der Waals surface area (Å²) in [6.07, 6.45) is 0. The van der Waals surface area contributed by atoms with Crippen LogP contribution in [-0.2, 0) is 23.6 Å². The SMILES string of the molecule is S=P(c1ccccc1)(c1ccccc1)c1ccc2cc(-c3ccc4c5c6ccccc6ccc5c5nc6ccc(P(=S)(c7ccccc7)c7ccccc7)cc6n5c4c3)ccc2c1. The van der Waals surface area contributed by atoms with Gasteiger partial charge in [0, 0.05) is 28.2 Å². The maximum atomic E-state index is 6.87. The first kappa shape index (κ1) is 38.2. The minimum atomic E-state index is -2.42. The fraction of sp³-hybridized carbons (Fsp3) is 0. The van der Waals surface area contributed by atoms with Crippen LogP contribution < -0.4 is 31.8 Å². The van der Waals surface area contributed by atoms with Gasteiger partial charge in [-0.2, -0.15) is 0 Å². The summed E-state index contributed by atoms with van der Waals surface area (Å²) < 4.78 is 2.39. The van der Waals surface area contributed by atoms with Crippen LogP contribution in [0.4, 0.5) is 0 Å². The van der Waals surface area contributed by atoms with Crippen molar-refractivity contribution in [3.05, 3.63) is 231 Å². The van der Waals surface area contributed by atoms with Crippen molar-refractivity contribution < 1.29 is 0 Å². The van der Waals surface area contributed by atoms with Gasteiger partial charge in [0.2, 0.25) is 0 Å². The summed E-state index contributed by atoms with van der Waals surface area (Å²) in [5.41, 5.74) is 6.35. The van der Waals surface area contributed by atoms with Gasteiger partial charge in [-0.05, 0) is 101 Å². The van der Waals surface area contributed by atoms with Gasteiger partial charge in [0.25, 0.3) is 0 Å². The Morgan fingerprint density at radius 2 is 0.810 bits per heavy atom. The zero-order chi connectivity index (χ0) is 42.1. The van der Waals surface area contributed by atoms with Crippen molar-refractivity contribution in [2.45, 2.75) is 0 Å². The van der Waals surface area contributed by atoms with Crippen LogP contribution in [0.25, 0.3) is 71.0 Å². The Balaban J connectivity index is 1.07. The smallest absolute Gasteiger partial charge is 0.146 e. The van der Waals surface area contributed by atoms with Gasteiger partial charge in [-0.1, -0.05) is 218 Å². The molecule has 0 saturated heterocycles. The van der Waals surface area contributed by atoms with Gasteiger partial charge < -0.3 is 0 Å². The fourth-order valence-electron chi connectivity index (χ4n) is 9.59. The predicted octanol–water partition coefficient (Wildman–Crippen LogP) is 12.3. The number of hydrogen-bond donors (Lipinski definition) is 0. The van der Waals surface area contributed by atoms with Crippen molar-refractivity contribution in [1.82, 2.24) is 9.38 Å². The molecule has 0 bridgehead atoms. The van der Waals surface area contributed by atoms with Crippen molar-refractivity contribution in [3.8, 4) is 11.1 Å². The number of pyridine rings is 1. The molecule has 0 spiro atoms. The van der Waals surface area contributed by atoms with E-state index in [1.54, 1.807) is 0 Å². The summed E-state index contributed by atoms with van der Waals surface area (Å²) in [7, 11) is 0. The van der Waals surface area contributed by atoms with E-state index in [9.17, 15) is 0 Å². The second kappa shape index (κ2) is 15.1. The molecule has 2 aromatic heterocycles. The molecule has 6 heteroatoms.